The second-order valence-corrected chi connectivity index (χ2v) is 10.8. The van der Waals surface area contributed by atoms with E-state index in [1.54, 1.807) is 36.4 Å². The number of nitrogens with zero attached hydrogens (tertiary/aromatic N) is 2. The van der Waals surface area contributed by atoms with Crippen molar-refractivity contribution in [3.63, 3.8) is 0 Å². The van der Waals surface area contributed by atoms with Crippen LogP contribution < -0.4 is 19.3 Å². The summed E-state index contributed by atoms with van der Waals surface area (Å²) in [6.07, 6.45) is -0.977. The third-order valence-electron chi connectivity index (χ3n) is 6.42. The van der Waals surface area contributed by atoms with Crippen LogP contribution in [0, 0.1) is 13.8 Å². The molecule has 3 aromatic carbocycles. The molecule has 3 aromatic rings. The maximum absolute atomic E-state index is 13.6. The molecule has 4 rings (SSSR count). The number of hydrogen-bond donors (Lipinski definition) is 1. The predicted octanol–water partition coefficient (Wildman–Crippen LogP) is 4.42. The van der Waals surface area contributed by atoms with Crippen molar-refractivity contribution >= 4 is 27.3 Å². The van der Waals surface area contributed by atoms with Gasteiger partial charge in [0.15, 0.2) is 6.10 Å². The third-order valence-corrected chi connectivity index (χ3v) is 8.21. The van der Waals surface area contributed by atoms with Crippen LogP contribution in [-0.2, 0) is 21.4 Å². The van der Waals surface area contributed by atoms with Gasteiger partial charge in [-0.2, -0.15) is 0 Å². The zero-order chi connectivity index (χ0) is 25.9. The van der Waals surface area contributed by atoms with Gasteiger partial charge in [0, 0.05) is 25.3 Å². The fourth-order valence-electron chi connectivity index (χ4n) is 4.28. The SMILES string of the molecule is CCN(CC)c1ccc(CNC(=O)C2CN(S(=O)(=O)c3ccc(C)cc3)c3ccc(C)cc3O2)cc1. The zero-order valence-corrected chi connectivity index (χ0v) is 22.0. The lowest BCUT2D eigenvalue weighted by Gasteiger charge is -2.35. The van der Waals surface area contributed by atoms with Crippen LogP contribution in [0.3, 0.4) is 0 Å². The van der Waals surface area contributed by atoms with Crippen LogP contribution in [0.25, 0.3) is 0 Å². The van der Waals surface area contributed by atoms with E-state index in [4.69, 9.17) is 4.74 Å². The van der Waals surface area contributed by atoms with Crippen molar-refractivity contribution < 1.29 is 17.9 Å². The number of benzene rings is 3. The van der Waals surface area contributed by atoms with Crippen LogP contribution in [0.5, 0.6) is 5.75 Å². The molecule has 0 spiro atoms. The number of aryl methyl sites for hydroxylation is 2. The van der Waals surface area contributed by atoms with Crippen LogP contribution in [0.1, 0.15) is 30.5 Å². The minimum absolute atomic E-state index is 0.112. The number of nitrogens with one attached hydrogen (secondary N) is 1. The number of anilines is 2. The molecule has 0 radical (unpaired) electrons. The third kappa shape index (κ3) is 5.33. The number of ether oxygens (including phenoxy) is 1. The first kappa shape index (κ1) is 25.6. The monoisotopic (exact) mass is 507 g/mol. The van der Waals surface area contributed by atoms with Gasteiger partial charge in [0.05, 0.1) is 17.1 Å². The van der Waals surface area contributed by atoms with Crippen molar-refractivity contribution in [2.45, 2.75) is 45.2 Å². The first-order valence-corrected chi connectivity index (χ1v) is 13.6. The van der Waals surface area contributed by atoms with Crippen LogP contribution in [0.2, 0.25) is 0 Å². The summed E-state index contributed by atoms with van der Waals surface area (Å²) < 4.78 is 34.4. The lowest BCUT2D eigenvalue weighted by atomic mass is 10.1. The van der Waals surface area contributed by atoms with Gasteiger partial charge in [-0.25, -0.2) is 8.42 Å². The molecule has 1 unspecified atom stereocenters. The average molecular weight is 508 g/mol. The summed E-state index contributed by atoms with van der Waals surface area (Å²) in [6, 6.07) is 20.1. The number of carbonyl (C=O) groups excluding carboxylic acids is 1. The second-order valence-electron chi connectivity index (χ2n) is 8.98. The van der Waals surface area contributed by atoms with Crippen molar-refractivity contribution in [1.29, 1.82) is 0 Å². The van der Waals surface area contributed by atoms with Crippen LogP contribution >= 0.6 is 0 Å². The number of sulfonamides is 1. The topological polar surface area (TPSA) is 79.0 Å². The fourth-order valence-corrected chi connectivity index (χ4v) is 5.76. The van der Waals surface area contributed by atoms with Gasteiger partial charge in [-0.1, -0.05) is 35.9 Å². The zero-order valence-electron chi connectivity index (χ0n) is 21.2. The van der Waals surface area contributed by atoms with Gasteiger partial charge in [0.1, 0.15) is 5.75 Å². The van der Waals surface area contributed by atoms with E-state index < -0.39 is 16.1 Å². The highest BCUT2D eigenvalue weighted by molar-refractivity contribution is 7.92. The number of amides is 1. The van der Waals surface area contributed by atoms with Crippen molar-refractivity contribution in [2.75, 3.05) is 28.8 Å². The molecule has 1 aliphatic rings. The molecule has 190 valence electrons. The Morgan fingerprint density at radius 1 is 0.972 bits per heavy atom. The number of rotatable bonds is 8. The van der Waals surface area contributed by atoms with E-state index in [0.717, 1.165) is 35.5 Å². The average Bonchev–Trinajstić information content (AvgIpc) is 2.88. The maximum Gasteiger partial charge on any atom is 0.264 e. The van der Waals surface area contributed by atoms with Crippen molar-refractivity contribution in [2.24, 2.45) is 0 Å². The molecule has 0 aliphatic carbocycles. The van der Waals surface area contributed by atoms with Crippen molar-refractivity contribution in [1.82, 2.24) is 5.32 Å². The van der Waals surface area contributed by atoms with E-state index in [9.17, 15) is 13.2 Å². The second kappa shape index (κ2) is 10.6. The number of hydrogen-bond acceptors (Lipinski definition) is 5. The summed E-state index contributed by atoms with van der Waals surface area (Å²) in [4.78, 5) is 15.5. The quantitative estimate of drug-likeness (QED) is 0.488. The molecule has 0 saturated carbocycles. The first-order chi connectivity index (χ1) is 17.2. The Kier molecular flexibility index (Phi) is 7.54. The smallest absolute Gasteiger partial charge is 0.264 e. The Labute approximate surface area is 213 Å². The van der Waals surface area contributed by atoms with E-state index in [1.165, 1.54) is 4.31 Å². The minimum atomic E-state index is -3.89. The van der Waals surface area contributed by atoms with Gasteiger partial charge in [-0.3, -0.25) is 9.10 Å². The molecule has 1 amide bonds. The Hall–Kier alpha value is -3.52. The molecular weight excluding hydrogens is 474 g/mol. The van der Waals surface area contributed by atoms with Gasteiger partial charge in [0.25, 0.3) is 15.9 Å². The van der Waals surface area contributed by atoms with E-state index in [1.807, 2.05) is 44.2 Å². The lowest BCUT2D eigenvalue weighted by Crippen LogP contribution is -2.50. The van der Waals surface area contributed by atoms with Gasteiger partial charge in [-0.15, -0.1) is 0 Å². The van der Waals surface area contributed by atoms with E-state index in [-0.39, 0.29) is 17.3 Å². The van der Waals surface area contributed by atoms with Gasteiger partial charge in [-0.05, 0) is 75.2 Å². The standard InChI is InChI=1S/C28H33N3O4S/c1-5-30(6-2)23-12-10-22(11-13-23)18-29-28(32)27-19-31(25-16-9-21(4)17-26(25)35-27)36(33,34)24-14-7-20(3)8-15-24/h7-17,27H,5-6,18-19H2,1-4H3,(H,29,32). The Morgan fingerprint density at radius 2 is 1.61 bits per heavy atom. The fraction of sp³-hybridized carbons (Fsp3) is 0.321. The van der Waals surface area contributed by atoms with Crippen LogP contribution in [-0.4, -0.2) is 40.1 Å². The van der Waals surface area contributed by atoms with Gasteiger partial charge in [0.2, 0.25) is 0 Å². The van der Waals surface area contributed by atoms with E-state index in [0.29, 0.717) is 18.0 Å². The lowest BCUT2D eigenvalue weighted by molar-refractivity contribution is -0.127. The molecule has 0 bridgehead atoms. The number of fused-ring (bicyclic) bond motifs is 1. The van der Waals surface area contributed by atoms with Crippen LogP contribution in [0.15, 0.2) is 71.6 Å². The molecule has 0 fully saturated rings. The normalized spacial score (nSPS) is 15.1. The van der Waals surface area contributed by atoms with Gasteiger partial charge < -0.3 is 15.0 Å². The molecule has 36 heavy (non-hydrogen) atoms. The summed E-state index contributed by atoms with van der Waals surface area (Å²) in [5, 5.41) is 2.91. The highest BCUT2D eigenvalue weighted by Crippen LogP contribution is 2.37. The Morgan fingerprint density at radius 3 is 2.25 bits per heavy atom. The molecule has 0 aromatic heterocycles. The predicted molar refractivity (Wildman–Crippen MR) is 143 cm³/mol. The largest absolute Gasteiger partial charge is 0.476 e. The molecular formula is C28H33N3O4S. The molecule has 0 saturated heterocycles. The summed E-state index contributed by atoms with van der Waals surface area (Å²) in [5.41, 5.74) is 4.40. The molecule has 7 nitrogen and oxygen atoms in total. The van der Waals surface area contributed by atoms with Gasteiger partial charge >= 0.3 is 0 Å². The van der Waals surface area contributed by atoms with E-state index >= 15 is 0 Å². The van der Waals surface area contributed by atoms with Crippen molar-refractivity contribution in [3.05, 3.63) is 83.4 Å². The Balaban J connectivity index is 1.53. The molecule has 1 N–H and O–H groups in total. The molecule has 1 aliphatic heterocycles. The highest BCUT2D eigenvalue weighted by Gasteiger charge is 2.37. The highest BCUT2D eigenvalue weighted by atomic mass is 32.2. The summed E-state index contributed by atoms with van der Waals surface area (Å²) in [7, 11) is -3.89. The summed E-state index contributed by atoms with van der Waals surface area (Å²) >= 11 is 0. The van der Waals surface area contributed by atoms with Crippen molar-refractivity contribution in [3.8, 4) is 5.75 Å². The number of carbonyl (C=O) groups is 1. The van der Waals surface area contributed by atoms with E-state index in [2.05, 4.69) is 24.1 Å². The molecule has 1 atom stereocenters. The van der Waals surface area contributed by atoms with Crippen LogP contribution in [0.4, 0.5) is 11.4 Å². The minimum Gasteiger partial charge on any atom is -0.476 e. The summed E-state index contributed by atoms with van der Waals surface area (Å²) in [6.45, 7) is 10.1. The Bertz CT molecular complexity index is 1320. The molecule has 1 heterocycles. The maximum atomic E-state index is 13.6. The first-order valence-electron chi connectivity index (χ1n) is 12.2. The summed E-state index contributed by atoms with van der Waals surface area (Å²) in [5.74, 6) is 0.0137. The molecule has 8 heteroatoms.